The summed E-state index contributed by atoms with van der Waals surface area (Å²) in [5.41, 5.74) is 4.76. The maximum Gasteiger partial charge on any atom is 0.136 e. The average molecular weight is 1710 g/mol. The number of hydrogen-bond donors (Lipinski definition) is 3. The SMILES string of the molecule is CCCOc1cc2c#cc3cc(C(C)(C)C)cc(c#cc#cc4cc(C(C)(C)C)cc(c#cc5cc(OCCCO)c(c#cc6cc(C(C)(C)C)cc(c#cc#cc7cc(C(C)(C)C)cc(c#cc8cc(OCCCO)c(c#cc9cc(C(C)(C)C)cc(c#cc#cc%10cc(C(C)(C)C)cc(c#cc1cc2OCCCO)c%10)c9)cc8OCCC)c7)c6)cc5OCCC)c4)c3. The minimum Gasteiger partial charge on any atom is -0.492 e. The van der Waals surface area contributed by atoms with Crippen LogP contribution in [0, 0.1) is 146 Å². The van der Waals surface area contributed by atoms with Crippen LogP contribution in [0.2, 0.25) is 0 Å². The third-order valence-electron chi connectivity index (χ3n) is 20.6. The van der Waals surface area contributed by atoms with Crippen LogP contribution in [0.25, 0.3) is 97.0 Å². The number of fused-ring (bicyclic) bond motifs is 2. The van der Waals surface area contributed by atoms with E-state index < -0.39 is 0 Å². The summed E-state index contributed by atoms with van der Waals surface area (Å²) in [5, 5.41) is 42.6. The maximum absolute atomic E-state index is 9.97. The molecule has 0 aliphatic carbocycles. The number of aliphatic hydroxyl groups is 3. The van der Waals surface area contributed by atoms with Gasteiger partial charge in [-0.05, 0) is 231 Å². The zero-order valence-corrected chi connectivity index (χ0v) is 79.3. The molecule has 0 unspecified atom stereocenters. The first-order chi connectivity index (χ1) is 61.4. The van der Waals surface area contributed by atoms with E-state index >= 15 is 0 Å². The van der Waals surface area contributed by atoms with Gasteiger partial charge in [0.15, 0.2) is 0 Å². The van der Waals surface area contributed by atoms with Crippen molar-refractivity contribution in [1.29, 1.82) is 0 Å². The first-order valence-corrected chi connectivity index (χ1v) is 44.6. The normalized spacial score (nSPS) is 11.0. The van der Waals surface area contributed by atoms with Gasteiger partial charge < -0.3 is 43.7 Å². The molecule has 13 rings (SSSR count). The highest BCUT2D eigenvalue weighted by atomic mass is 16.5. The number of hydrogen-bond acceptors (Lipinski definition) is 9. The molecule has 9 nitrogen and oxygen atoms in total. The summed E-state index contributed by atoms with van der Waals surface area (Å²) in [5.74, 6) is 3.18. The van der Waals surface area contributed by atoms with Crippen molar-refractivity contribution < 1.29 is 43.7 Å². The van der Waals surface area contributed by atoms with E-state index in [1.165, 1.54) is 0 Å². The largest absolute Gasteiger partial charge is 0.492 e. The Labute approximate surface area is 770 Å². The summed E-state index contributed by atoms with van der Waals surface area (Å²) in [4.78, 5) is 0. The molecule has 3 N–H and O–H groups in total. The van der Waals surface area contributed by atoms with E-state index in [-0.39, 0.29) is 72.1 Å². The van der Waals surface area contributed by atoms with Crippen molar-refractivity contribution >= 4 is 97.0 Å². The number of rotatable bonds is 21. The minimum atomic E-state index is -0.257. The number of benzene rings is 9. The first-order valence-electron chi connectivity index (χ1n) is 44.6. The molecule has 0 heterocycles. The van der Waals surface area contributed by atoms with E-state index in [2.05, 4.69) is 364 Å². The fraction of sp³-hybridized carbons (Fsp3) is 0.350. The van der Waals surface area contributed by atoms with Gasteiger partial charge in [0.05, 0.1) is 72.0 Å². The standard InChI is InChI=1S/C120H120O9/c1-22-55-124-109-79-100-49-43-94-64-88(70-106(76-94)118(13,14)15)37-29-26-35-86-62-92(74-104(68-86)116(7,8)9)41-47-98-83-114(129-60-33-54-123)102(81-111(98)126-57-24-3)51-45-96-66-90(72-108(78-96)120(19,20)21)39-30-27-36-87-63-93(75-105(69-87)117(10,11)12)42-48-99-84-113(128-59-32-53-122)101(80-110(99)125-56-23-2)50-44-95-65-89(71-107(77-95)119(16,17)18)38-28-25-34-85-61-91(73-103(67-85)115(4,5)6)40-46-97(109)82-112(100)127-58-31-52-121/h61-84,121-123H,22-24,31-33,52-60H2,1-21H3. The molecule has 0 spiro atoms. The molecule has 0 aromatic heterocycles. The van der Waals surface area contributed by atoms with Crippen molar-refractivity contribution in [1.82, 2.24) is 0 Å². The Morgan fingerprint density at radius 2 is 0.326 bits per heavy atom. The summed E-state index contributed by atoms with van der Waals surface area (Å²) in [7, 11) is 0. The second kappa shape index (κ2) is 44.7. The maximum atomic E-state index is 9.97. The molecule has 654 valence electrons. The van der Waals surface area contributed by atoms with Gasteiger partial charge in [-0.1, -0.05) is 255 Å². The van der Waals surface area contributed by atoms with Crippen LogP contribution in [-0.2, 0) is 32.5 Å². The molecule has 0 saturated heterocycles. The predicted molar refractivity (Wildman–Crippen MR) is 526 cm³/mol. The summed E-state index contributed by atoms with van der Waals surface area (Å²) >= 11 is 0. The van der Waals surface area contributed by atoms with Crippen LogP contribution in [0.15, 0.2) is 146 Å². The summed E-state index contributed by atoms with van der Waals surface area (Å²) in [6.07, 6.45) is 3.49. The van der Waals surface area contributed by atoms with Gasteiger partial charge in [-0.2, -0.15) is 0 Å². The van der Waals surface area contributed by atoms with Gasteiger partial charge in [0, 0.05) is 140 Å². The fourth-order valence-corrected chi connectivity index (χ4v) is 13.0. The number of aliphatic hydroxyl groups excluding tert-OH is 3. The molecule has 13 aromatic rings. The fourth-order valence-electron chi connectivity index (χ4n) is 13.0. The Hall–Kier alpha value is -13.6. The van der Waals surface area contributed by atoms with E-state index in [0.717, 1.165) is 117 Å². The highest BCUT2D eigenvalue weighted by Crippen LogP contribution is 2.36. The van der Waals surface area contributed by atoms with Crippen molar-refractivity contribution in [3.63, 3.8) is 0 Å². The van der Waals surface area contributed by atoms with Crippen molar-refractivity contribution in [3.05, 3.63) is 325 Å². The topological polar surface area (TPSA) is 116 Å². The third-order valence-corrected chi connectivity index (χ3v) is 20.6. The van der Waals surface area contributed by atoms with Crippen molar-refractivity contribution in [2.75, 3.05) is 59.5 Å². The first kappa shape index (κ1) is 97.6. The lowest BCUT2D eigenvalue weighted by Crippen LogP contribution is -2.10. The summed E-state index contributed by atoms with van der Waals surface area (Å²) in [6, 6.07) is 129. The van der Waals surface area contributed by atoms with Crippen molar-refractivity contribution in [2.45, 2.75) is 216 Å². The molecule has 9 heteroatoms. The summed E-state index contributed by atoms with van der Waals surface area (Å²) < 4.78 is 38.9. The molecule has 0 atom stereocenters. The van der Waals surface area contributed by atoms with E-state index in [1.807, 2.05) is 72.8 Å². The van der Waals surface area contributed by atoms with E-state index in [1.54, 1.807) is 0 Å². The smallest absolute Gasteiger partial charge is 0.136 e. The molecular weight excluding hydrogens is 1590 g/mol. The second-order valence-electron chi connectivity index (χ2n) is 38.2. The van der Waals surface area contributed by atoms with Crippen LogP contribution in [-0.4, -0.2) is 74.8 Å². The highest BCUT2D eigenvalue weighted by Gasteiger charge is 2.20. The zero-order chi connectivity index (χ0) is 93.1. The van der Waals surface area contributed by atoms with Crippen molar-refractivity contribution in [2.24, 2.45) is 0 Å². The van der Waals surface area contributed by atoms with Gasteiger partial charge in [0.25, 0.3) is 0 Å². The minimum absolute atomic E-state index is 0.0508. The molecule has 0 amide bonds. The Morgan fingerprint density at radius 3 is 0.457 bits per heavy atom. The molecule has 0 aliphatic rings. The lowest BCUT2D eigenvalue weighted by atomic mass is 9.86. The van der Waals surface area contributed by atoms with Crippen molar-refractivity contribution in [3.8, 4) is 34.5 Å². The monoisotopic (exact) mass is 1700 g/mol. The average Bonchev–Trinajstić information content (AvgIpc) is 0.817. The molecule has 0 radical (unpaired) electrons. The molecular formula is C120H120O9. The van der Waals surface area contributed by atoms with Crippen LogP contribution < -0.4 is 28.4 Å². The molecule has 129 heavy (non-hydrogen) atoms. The van der Waals surface area contributed by atoms with Gasteiger partial charge in [-0.15, -0.1) is 0 Å². The zero-order valence-electron chi connectivity index (χ0n) is 79.3. The Morgan fingerprint density at radius 1 is 0.186 bits per heavy atom. The Bertz CT molecular complexity index is 5670. The van der Waals surface area contributed by atoms with E-state index in [4.69, 9.17) is 28.4 Å². The van der Waals surface area contributed by atoms with Crippen LogP contribution in [0.4, 0.5) is 0 Å². The lowest BCUT2D eigenvalue weighted by Gasteiger charge is -2.18. The Balaban J connectivity index is 1.24. The van der Waals surface area contributed by atoms with Crippen LogP contribution in [0.1, 0.15) is 217 Å². The van der Waals surface area contributed by atoms with Gasteiger partial charge >= 0.3 is 0 Å². The lowest BCUT2D eigenvalue weighted by molar-refractivity contribution is 0.234. The molecule has 0 fully saturated rings. The van der Waals surface area contributed by atoms with Gasteiger partial charge in [0.2, 0.25) is 0 Å². The van der Waals surface area contributed by atoms with Gasteiger partial charge in [0.1, 0.15) is 34.5 Å². The van der Waals surface area contributed by atoms with Crippen LogP contribution >= 0.6 is 0 Å². The molecule has 0 saturated carbocycles. The van der Waals surface area contributed by atoms with E-state index in [9.17, 15) is 15.3 Å². The van der Waals surface area contributed by atoms with Gasteiger partial charge in [-0.3, -0.25) is 0 Å². The molecule has 0 aliphatic heterocycles. The van der Waals surface area contributed by atoms with E-state index in [0.29, 0.717) is 106 Å². The summed E-state index contributed by atoms with van der Waals surface area (Å²) in [6.45, 7) is 47.1. The van der Waals surface area contributed by atoms with Crippen LogP contribution in [0.3, 0.4) is 0 Å². The number of ether oxygens (including phenoxy) is 6. The highest BCUT2D eigenvalue weighted by molar-refractivity contribution is 5.82. The molecule has 18 bridgehead atoms. The van der Waals surface area contributed by atoms with Crippen LogP contribution in [0.5, 0.6) is 34.5 Å². The predicted octanol–water partition coefficient (Wildman–Crippen LogP) is 26.8. The molecule has 13 aromatic carbocycles. The van der Waals surface area contributed by atoms with Gasteiger partial charge in [-0.25, -0.2) is 0 Å². The third kappa shape index (κ3) is 29.7. The second-order valence-corrected chi connectivity index (χ2v) is 38.2. The Kier molecular flexibility index (Phi) is 33.8. The quantitative estimate of drug-likeness (QED) is 0.0605.